The van der Waals surface area contributed by atoms with Gasteiger partial charge in [-0.1, -0.05) is 23.2 Å². The third-order valence-electron chi connectivity index (χ3n) is 3.45. The molecule has 1 N–H and O–H groups in total. The first-order chi connectivity index (χ1) is 11.9. The maximum absolute atomic E-state index is 12.5. The van der Waals surface area contributed by atoms with Crippen molar-refractivity contribution in [1.29, 1.82) is 0 Å². The fraction of sp³-hybridized carbons (Fsp3) is 0.0625. The first kappa shape index (κ1) is 17.5. The van der Waals surface area contributed by atoms with E-state index in [1.807, 2.05) is 6.07 Å². The zero-order valence-electron chi connectivity index (χ0n) is 12.7. The Kier molecular flexibility index (Phi) is 4.80. The molecule has 0 aliphatic rings. The summed E-state index contributed by atoms with van der Waals surface area (Å²) < 4.78 is 6.00. The van der Waals surface area contributed by atoms with E-state index in [0.717, 1.165) is 4.70 Å². The lowest BCUT2D eigenvalue weighted by atomic mass is 10.2. The molecule has 0 atom stereocenters. The first-order valence-corrected chi connectivity index (χ1v) is 8.49. The Hall–Kier alpha value is -2.35. The number of methoxy groups -OCH3 is 1. The molecule has 3 rings (SSSR count). The van der Waals surface area contributed by atoms with Crippen LogP contribution in [0, 0.1) is 10.1 Å². The van der Waals surface area contributed by atoms with Gasteiger partial charge in [-0.3, -0.25) is 14.9 Å². The summed E-state index contributed by atoms with van der Waals surface area (Å²) in [5.74, 6) is 0.193. The number of carbonyl (C=O) groups is 1. The van der Waals surface area contributed by atoms with Gasteiger partial charge in [0.1, 0.15) is 10.6 Å². The highest BCUT2D eigenvalue weighted by Gasteiger charge is 2.19. The second-order valence-corrected chi connectivity index (χ2v) is 6.82. The van der Waals surface area contributed by atoms with Crippen LogP contribution in [0.25, 0.3) is 10.1 Å². The molecule has 2 aromatic carbocycles. The van der Waals surface area contributed by atoms with Gasteiger partial charge >= 0.3 is 0 Å². The molecule has 0 unspecified atom stereocenters. The predicted molar refractivity (Wildman–Crippen MR) is 99.4 cm³/mol. The number of nitro benzene ring substituents is 1. The van der Waals surface area contributed by atoms with E-state index in [1.54, 1.807) is 19.2 Å². The number of ether oxygens (including phenoxy) is 1. The van der Waals surface area contributed by atoms with Gasteiger partial charge in [0, 0.05) is 22.2 Å². The minimum atomic E-state index is -0.562. The molecule has 1 aromatic heterocycles. The first-order valence-electron chi connectivity index (χ1n) is 6.92. The maximum atomic E-state index is 12.5. The number of carbonyl (C=O) groups excluding carboxylic acids is 1. The number of amides is 1. The lowest BCUT2D eigenvalue weighted by Crippen LogP contribution is -2.11. The van der Waals surface area contributed by atoms with Gasteiger partial charge in [-0.25, -0.2) is 0 Å². The lowest BCUT2D eigenvalue weighted by Gasteiger charge is -2.06. The van der Waals surface area contributed by atoms with Crippen LogP contribution in [0.4, 0.5) is 11.4 Å². The zero-order chi connectivity index (χ0) is 18.1. The molecular weight excluding hydrogens is 387 g/mol. The van der Waals surface area contributed by atoms with E-state index in [0.29, 0.717) is 21.0 Å². The van der Waals surface area contributed by atoms with Crippen molar-refractivity contribution in [3.63, 3.8) is 0 Å². The number of nitrogens with zero attached hydrogens (tertiary/aromatic N) is 1. The largest absolute Gasteiger partial charge is 0.497 e. The standard InChI is InChI=1S/C16H10Cl2N2O4S/c1-24-9-3-5-13-10(7-9)14(18)15(25-13)16(21)19-12-4-2-8(20(22)23)6-11(12)17/h2-7H,1H3,(H,19,21). The SMILES string of the molecule is COc1ccc2sc(C(=O)Nc3ccc([N+](=O)[O-])cc3Cl)c(Cl)c2c1. The quantitative estimate of drug-likeness (QED) is 0.474. The van der Waals surface area contributed by atoms with E-state index in [9.17, 15) is 14.9 Å². The highest BCUT2D eigenvalue weighted by molar-refractivity contribution is 7.21. The smallest absolute Gasteiger partial charge is 0.271 e. The van der Waals surface area contributed by atoms with Crippen LogP contribution in [0.5, 0.6) is 5.75 Å². The van der Waals surface area contributed by atoms with Gasteiger partial charge in [0.05, 0.1) is 27.8 Å². The van der Waals surface area contributed by atoms with Crippen LogP contribution in [-0.2, 0) is 0 Å². The number of nitrogens with one attached hydrogen (secondary N) is 1. The molecule has 0 fully saturated rings. The third kappa shape index (κ3) is 3.39. The summed E-state index contributed by atoms with van der Waals surface area (Å²) in [7, 11) is 1.55. The average Bonchev–Trinajstić information content (AvgIpc) is 2.92. The molecule has 3 aromatic rings. The number of rotatable bonds is 4. The molecule has 0 aliphatic heterocycles. The summed E-state index contributed by atoms with van der Waals surface area (Å²) in [6.07, 6.45) is 0. The Morgan fingerprint density at radius 1 is 1.24 bits per heavy atom. The molecule has 0 saturated carbocycles. The van der Waals surface area contributed by atoms with Crippen molar-refractivity contribution in [3.8, 4) is 5.75 Å². The molecule has 25 heavy (non-hydrogen) atoms. The normalized spacial score (nSPS) is 10.7. The molecule has 0 bridgehead atoms. The van der Waals surface area contributed by atoms with E-state index in [-0.39, 0.29) is 16.4 Å². The van der Waals surface area contributed by atoms with Crippen molar-refractivity contribution in [2.75, 3.05) is 12.4 Å². The van der Waals surface area contributed by atoms with Gasteiger partial charge in [0.25, 0.3) is 11.6 Å². The van der Waals surface area contributed by atoms with Gasteiger partial charge in [0.15, 0.2) is 0 Å². The number of benzene rings is 2. The van der Waals surface area contributed by atoms with Crippen LogP contribution in [0.15, 0.2) is 36.4 Å². The predicted octanol–water partition coefficient (Wildman–Crippen LogP) is 5.38. The van der Waals surface area contributed by atoms with Crippen LogP contribution >= 0.6 is 34.5 Å². The van der Waals surface area contributed by atoms with Crippen molar-refractivity contribution < 1.29 is 14.5 Å². The molecular formula is C16H10Cl2N2O4S. The Balaban J connectivity index is 1.92. The van der Waals surface area contributed by atoms with E-state index < -0.39 is 10.8 Å². The summed E-state index contributed by atoms with van der Waals surface area (Å²) in [6.45, 7) is 0. The molecule has 1 amide bonds. The van der Waals surface area contributed by atoms with Gasteiger partial charge in [-0.2, -0.15) is 0 Å². The van der Waals surface area contributed by atoms with Crippen molar-refractivity contribution in [1.82, 2.24) is 0 Å². The van der Waals surface area contributed by atoms with Crippen LogP contribution in [0.1, 0.15) is 9.67 Å². The zero-order valence-corrected chi connectivity index (χ0v) is 15.0. The van der Waals surface area contributed by atoms with Crippen molar-refractivity contribution >= 4 is 61.9 Å². The van der Waals surface area contributed by atoms with Gasteiger partial charge < -0.3 is 10.1 Å². The number of fused-ring (bicyclic) bond motifs is 1. The molecule has 1 heterocycles. The van der Waals surface area contributed by atoms with E-state index >= 15 is 0 Å². The van der Waals surface area contributed by atoms with Crippen molar-refractivity contribution in [3.05, 3.63) is 61.4 Å². The molecule has 128 valence electrons. The molecule has 6 nitrogen and oxygen atoms in total. The molecule has 0 radical (unpaired) electrons. The number of halogens is 2. The Morgan fingerprint density at radius 3 is 2.64 bits per heavy atom. The van der Waals surface area contributed by atoms with Crippen LogP contribution in [0.3, 0.4) is 0 Å². The van der Waals surface area contributed by atoms with Gasteiger partial charge in [-0.15, -0.1) is 11.3 Å². The number of non-ortho nitro benzene ring substituents is 1. The molecule has 0 saturated heterocycles. The Labute approximate surface area is 156 Å². The summed E-state index contributed by atoms with van der Waals surface area (Å²) in [5, 5.41) is 14.5. The monoisotopic (exact) mass is 396 g/mol. The fourth-order valence-corrected chi connectivity index (χ4v) is 3.82. The topological polar surface area (TPSA) is 81.5 Å². The van der Waals surface area contributed by atoms with E-state index in [2.05, 4.69) is 5.32 Å². The summed E-state index contributed by atoms with van der Waals surface area (Å²) in [5.41, 5.74) is 0.110. The second kappa shape index (κ2) is 6.87. The summed E-state index contributed by atoms with van der Waals surface area (Å²) in [4.78, 5) is 23.0. The van der Waals surface area contributed by atoms with E-state index in [1.165, 1.54) is 29.5 Å². The number of thiophene rings is 1. The van der Waals surface area contributed by atoms with Crippen molar-refractivity contribution in [2.24, 2.45) is 0 Å². The third-order valence-corrected chi connectivity index (χ3v) is 5.44. The van der Waals surface area contributed by atoms with Crippen LogP contribution in [-0.4, -0.2) is 17.9 Å². The second-order valence-electron chi connectivity index (χ2n) is 4.98. The van der Waals surface area contributed by atoms with Crippen LogP contribution < -0.4 is 10.1 Å². The number of anilines is 1. The van der Waals surface area contributed by atoms with Crippen LogP contribution in [0.2, 0.25) is 10.0 Å². The number of hydrogen-bond acceptors (Lipinski definition) is 5. The number of hydrogen-bond donors (Lipinski definition) is 1. The number of nitro groups is 1. The summed E-state index contributed by atoms with van der Waals surface area (Å²) >= 11 is 13.6. The van der Waals surface area contributed by atoms with Crippen molar-refractivity contribution in [2.45, 2.75) is 0 Å². The average molecular weight is 397 g/mol. The fourth-order valence-electron chi connectivity index (χ4n) is 2.22. The van der Waals surface area contributed by atoms with Gasteiger partial charge in [0.2, 0.25) is 0 Å². The Bertz CT molecular complexity index is 1000. The lowest BCUT2D eigenvalue weighted by molar-refractivity contribution is -0.384. The summed E-state index contributed by atoms with van der Waals surface area (Å²) in [6, 6.07) is 9.17. The Morgan fingerprint density at radius 2 is 2.00 bits per heavy atom. The van der Waals surface area contributed by atoms with Gasteiger partial charge in [-0.05, 0) is 24.3 Å². The molecule has 9 heteroatoms. The maximum Gasteiger partial charge on any atom is 0.271 e. The minimum Gasteiger partial charge on any atom is -0.497 e. The highest BCUT2D eigenvalue weighted by atomic mass is 35.5. The minimum absolute atomic E-state index is 0.0708. The van der Waals surface area contributed by atoms with E-state index in [4.69, 9.17) is 27.9 Å². The highest BCUT2D eigenvalue weighted by Crippen LogP contribution is 2.38. The molecule has 0 aliphatic carbocycles. The molecule has 0 spiro atoms.